The van der Waals surface area contributed by atoms with Crippen molar-refractivity contribution in [1.29, 1.82) is 0 Å². The van der Waals surface area contributed by atoms with Crippen LogP contribution in [0, 0.1) is 0 Å². The molecule has 39 heavy (non-hydrogen) atoms. The maximum Gasteiger partial charge on any atom is 0.252 e. The molecule has 2 aromatic carbocycles. The fourth-order valence-corrected chi connectivity index (χ4v) is 5.29. The number of anilines is 2. The normalized spacial score (nSPS) is 14.6. The Bertz CT molecular complexity index is 1350. The smallest absolute Gasteiger partial charge is 0.252 e. The standard InChI is InChI=1S/C30H39N5O4/c1-4-20-19(17-34-29(37)30(32)13-8-7-9-14-30)11-10-12-23(20)35-27-21-15-25(38-5-2)26(39-6-3)16-24(21)33-18-22(27)28(31)36/h10-12,15-16,18H,4-9,13-14,17,32H2,1-3H3,(H2,31,36)(H,33,35)(H,34,37). The highest BCUT2D eigenvalue weighted by Crippen LogP contribution is 2.38. The number of carbonyl (C=O) groups excluding carboxylic acids is 2. The lowest BCUT2D eigenvalue weighted by Crippen LogP contribution is -2.54. The highest BCUT2D eigenvalue weighted by atomic mass is 16.5. The van der Waals surface area contributed by atoms with Crippen LogP contribution in [-0.4, -0.2) is 35.6 Å². The van der Waals surface area contributed by atoms with E-state index in [-0.39, 0.29) is 11.5 Å². The van der Waals surface area contributed by atoms with Crippen LogP contribution < -0.4 is 31.6 Å². The molecule has 9 nitrogen and oxygen atoms in total. The Morgan fingerprint density at radius 1 is 1.03 bits per heavy atom. The van der Waals surface area contributed by atoms with Gasteiger partial charge in [-0.15, -0.1) is 0 Å². The number of aromatic nitrogens is 1. The fourth-order valence-electron chi connectivity index (χ4n) is 5.29. The minimum Gasteiger partial charge on any atom is -0.490 e. The van der Waals surface area contributed by atoms with Gasteiger partial charge in [-0.2, -0.15) is 0 Å². The van der Waals surface area contributed by atoms with E-state index < -0.39 is 11.4 Å². The van der Waals surface area contributed by atoms with Crippen molar-refractivity contribution in [3.8, 4) is 11.5 Å². The van der Waals surface area contributed by atoms with Crippen LogP contribution in [-0.2, 0) is 17.8 Å². The molecular weight excluding hydrogens is 494 g/mol. The molecule has 4 rings (SSSR count). The molecule has 1 aliphatic carbocycles. The largest absolute Gasteiger partial charge is 0.490 e. The number of nitrogens with zero attached hydrogens (tertiary/aromatic N) is 1. The lowest BCUT2D eigenvalue weighted by atomic mass is 9.82. The summed E-state index contributed by atoms with van der Waals surface area (Å²) in [4.78, 5) is 29.9. The molecule has 3 aromatic rings. The summed E-state index contributed by atoms with van der Waals surface area (Å²) in [7, 11) is 0. The number of rotatable bonds is 11. The van der Waals surface area contributed by atoms with Crippen LogP contribution in [0.25, 0.3) is 10.9 Å². The molecule has 1 aromatic heterocycles. The predicted octanol–water partition coefficient (Wildman–Crippen LogP) is 4.71. The summed E-state index contributed by atoms with van der Waals surface area (Å²) in [6, 6.07) is 9.50. The first-order valence-corrected chi connectivity index (χ1v) is 13.8. The number of hydrogen-bond acceptors (Lipinski definition) is 7. The first-order valence-electron chi connectivity index (χ1n) is 13.8. The van der Waals surface area contributed by atoms with E-state index in [1.807, 2.05) is 38.1 Å². The summed E-state index contributed by atoms with van der Waals surface area (Å²) in [5, 5.41) is 7.21. The molecule has 0 spiro atoms. The van der Waals surface area contributed by atoms with Crippen molar-refractivity contribution in [2.24, 2.45) is 11.5 Å². The van der Waals surface area contributed by atoms with Crippen LogP contribution in [0.2, 0.25) is 0 Å². The molecular formula is C30H39N5O4. The van der Waals surface area contributed by atoms with Crippen LogP contribution in [0.1, 0.15) is 74.4 Å². The van der Waals surface area contributed by atoms with Crippen molar-refractivity contribution in [2.75, 3.05) is 18.5 Å². The number of ether oxygens (including phenoxy) is 2. The zero-order valence-corrected chi connectivity index (χ0v) is 23.1. The Hall–Kier alpha value is -3.85. The highest BCUT2D eigenvalue weighted by Gasteiger charge is 2.35. The minimum atomic E-state index is -0.800. The monoisotopic (exact) mass is 533 g/mol. The Morgan fingerprint density at radius 3 is 2.36 bits per heavy atom. The first kappa shape index (κ1) is 28.2. The molecule has 2 amide bonds. The molecule has 6 N–H and O–H groups in total. The van der Waals surface area contributed by atoms with Gasteiger partial charge in [0.05, 0.1) is 35.5 Å². The molecule has 0 bridgehead atoms. The fraction of sp³-hybridized carbons (Fsp3) is 0.433. The predicted molar refractivity (Wildman–Crippen MR) is 154 cm³/mol. The molecule has 1 saturated carbocycles. The third-order valence-electron chi connectivity index (χ3n) is 7.32. The first-order chi connectivity index (χ1) is 18.8. The summed E-state index contributed by atoms with van der Waals surface area (Å²) in [5.74, 6) is 0.442. The number of primary amides is 1. The second-order valence-electron chi connectivity index (χ2n) is 9.91. The number of nitrogens with one attached hydrogen (secondary N) is 2. The van der Waals surface area contributed by atoms with E-state index in [0.29, 0.717) is 67.1 Å². The van der Waals surface area contributed by atoms with Crippen LogP contribution in [0.15, 0.2) is 36.5 Å². The summed E-state index contributed by atoms with van der Waals surface area (Å²) in [5.41, 5.74) is 15.6. The van der Waals surface area contributed by atoms with Crippen molar-refractivity contribution in [3.63, 3.8) is 0 Å². The van der Waals surface area contributed by atoms with E-state index >= 15 is 0 Å². The van der Waals surface area contributed by atoms with E-state index in [0.717, 1.165) is 36.1 Å². The third kappa shape index (κ3) is 6.09. The number of nitrogens with two attached hydrogens (primary N) is 2. The van der Waals surface area contributed by atoms with E-state index in [1.54, 1.807) is 6.07 Å². The maximum atomic E-state index is 13.0. The van der Waals surface area contributed by atoms with E-state index in [9.17, 15) is 9.59 Å². The number of pyridine rings is 1. The van der Waals surface area contributed by atoms with Gasteiger partial charge in [-0.25, -0.2) is 0 Å². The van der Waals surface area contributed by atoms with Crippen LogP contribution in [0.3, 0.4) is 0 Å². The molecule has 0 atom stereocenters. The van der Waals surface area contributed by atoms with E-state index in [1.165, 1.54) is 6.20 Å². The maximum absolute atomic E-state index is 13.0. The highest BCUT2D eigenvalue weighted by molar-refractivity contribution is 6.08. The van der Waals surface area contributed by atoms with Gasteiger partial charge in [-0.3, -0.25) is 14.6 Å². The summed E-state index contributed by atoms with van der Waals surface area (Å²) < 4.78 is 11.6. The summed E-state index contributed by atoms with van der Waals surface area (Å²) >= 11 is 0. The van der Waals surface area contributed by atoms with Gasteiger partial charge < -0.3 is 31.6 Å². The molecule has 1 heterocycles. The molecule has 208 valence electrons. The lowest BCUT2D eigenvalue weighted by molar-refractivity contribution is -0.127. The Morgan fingerprint density at radius 2 is 1.72 bits per heavy atom. The van der Waals surface area contributed by atoms with Crippen LogP contribution >= 0.6 is 0 Å². The Kier molecular flexibility index (Phi) is 8.91. The Labute approximate surface area is 229 Å². The molecule has 0 radical (unpaired) electrons. The van der Waals surface area contributed by atoms with Gasteiger partial charge in [-0.05, 0) is 56.4 Å². The second kappa shape index (κ2) is 12.3. The van der Waals surface area contributed by atoms with Crippen molar-refractivity contribution in [3.05, 3.63) is 53.2 Å². The molecule has 1 fully saturated rings. The lowest BCUT2D eigenvalue weighted by Gasteiger charge is -2.32. The van der Waals surface area contributed by atoms with E-state index in [4.69, 9.17) is 20.9 Å². The van der Waals surface area contributed by atoms with Gasteiger partial charge in [0.2, 0.25) is 5.91 Å². The topological polar surface area (TPSA) is 142 Å². The summed E-state index contributed by atoms with van der Waals surface area (Å²) in [6.45, 7) is 7.15. The minimum absolute atomic E-state index is 0.104. The average Bonchev–Trinajstić information content (AvgIpc) is 2.93. The second-order valence-corrected chi connectivity index (χ2v) is 9.91. The van der Waals surface area contributed by atoms with Gasteiger partial charge in [-0.1, -0.05) is 38.3 Å². The van der Waals surface area contributed by atoms with Crippen molar-refractivity contribution < 1.29 is 19.1 Å². The zero-order valence-electron chi connectivity index (χ0n) is 23.1. The van der Waals surface area contributed by atoms with Crippen LogP contribution in [0.4, 0.5) is 11.4 Å². The van der Waals surface area contributed by atoms with Crippen molar-refractivity contribution >= 4 is 34.1 Å². The number of amides is 2. The zero-order chi connectivity index (χ0) is 28.0. The number of carbonyl (C=O) groups is 2. The van der Waals surface area contributed by atoms with Crippen molar-refractivity contribution in [1.82, 2.24) is 10.3 Å². The third-order valence-corrected chi connectivity index (χ3v) is 7.32. The van der Waals surface area contributed by atoms with E-state index in [2.05, 4.69) is 22.5 Å². The molecule has 0 aliphatic heterocycles. The van der Waals surface area contributed by atoms with Gasteiger partial charge >= 0.3 is 0 Å². The quantitative estimate of drug-likeness (QED) is 0.279. The molecule has 9 heteroatoms. The number of benzene rings is 2. The van der Waals surface area contributed by atoms with Gasteiger partial charge in [0.1, 0.15) is 0 Å². The van der Waals surface area contributed by atoms with Gasteiger partial charge in [0, 0.05) is 29.9 Å². The molecule has 0 unspecified atom stereocenters. The van der Waals surface area contributed by atoms with Crippen LogP contribution in [0.5, 0.6) is 11.5 Å². The molecule has 1 aliphatic rings. The van der Waals surface area contributed by atoms with Gasteiger partial charge in [0.25, 0.3) is 5.91 Å². The van der Waals surface area contributed by atoms with Gasteiger partial charge in [0.15, 0.2) is 11.5 Å². The average molecular weight is 534 g/mol. The summed E-state index contributed by atoms with van der Waals surface area (Å²) in [6.07, 6.45) is 6.67. The van der Waals surface area contributed by atoms with Crippen molar-refractivity contribution in [2.45, 2.75) is 71.4 Å². The number of fused-ring (bicyclic) bond motifs is 1. The SMILES string of the molecule is CCOc1cc2ncc(C(N)=O)c(Nc3cccc(CNC(=O)C4(N)CCCCC4)c3CC)c2cc1OCC. The Balaban J connectivity index is 1.71. The number of hydrogen-bond donors (Lipinski definition) is 4. The molecule has 0 saturated heterocycles.